The third-order valence-corrected chi connectivity index (χ3v) is 3.66. The molecular formula is C22H24O4. The largest absolute Gasteiger partial charge is 0.497 e. The molecule has 0 N–H and O–H groups in total. The van der Waals surface area contributed by atoms with Crippen molar-refractivity contribution in [3.8, 4) is 23.0 Å². The van der Waals surface area contributed by atoms with Gasteiger partial charge in [-0.05, 0) is 35.4 Å². The van der Waals surface area contributed by atoms with Crippen molar-refractivity contribution < 1.29 is 18.9 Å². The molecule has 0 atom stereocenters. The van der Waals surface area contributed by atoms with Crippen molar-refractivity contribution in [2.75, 3.05) is 28.4 Å². The standard InChI is InChI=1S/C22H24O4/c1-23-19-11-17(12-20(15-19)24-2)9-7-5-6-8-10-18-13-21(25-3)16-22(14-18)26-4/h5-16H,1-4H3. The number of hydrogen-bond donors (Lipinski definition) is 0. The van der Waals surface area contributed by atoms with Gasteiger partial charge in [0, 0.05) is 12.1 Å². The normalized spacial score (nSPS) is 11.4. The lowest BCUT2D eigenvalue weighted by Crippen LogP contribution is -1.88. The monoisotopic (exact) mass is 352 g/mol. The number of allylic oxidation sites excluding steroid dienone is 4. The van der Waals surface area contributed by atoms with Crippen LogP contribution in [-0.2, 0) is 0 Å². The third-order valence-electron chi connectivity index (χ3n) is 3.66. The minimum atomic E-state index is 0.764. The van der Waals surface area contributed by atoms with Crippen LogP contribution in [-0.4, -0.2) is 28.4 Å². The average molecular weight is 352 g/mol. The van der Waals surface area contributed by atoms with Crippen LogP contribution in [0.4, 0.5) is 0 Å². The van der Waals surface area contributed by atoms with Gasteiger partial charge in [0.1, 0.15) is 23.0 Å². The molecule has 0 heterocycles. The minimum absolute atomic E-state index is 0.764. The molecule has 0 saturated carbocycles. The lowest BCUT2D eigenvalue weighted by atomic mass is 10.1. The van der Waals surface area contributed by atoms with E-state index in [1.165, 1.54) is 0 Å². The SMILES string of the molecule is COc1cc(C=CC=CC=Cc2cc(OC)cc(OC)c2)cc(OC)c1. The van der Waals surface area contributed by atoms with Crippen molar-refractivity contribution in [3.63, 3.8) is 0 Å². The van der Waals surface area contributed by atoms with E-state index >= 15 is 0 Å². The molecule has 4 heteroatoms. The quantitative estimate of drug-likeness (QED) is 0.626. The maximum Gasteiger partial charge on any atom is 0.123 e. The molecule has 26 heavy (non-hydrogen) atoms. The Hall–Kier alpha value is -3.14. The summed E-state index contributed by atoms with van der Waals surface area (Å²) in [5.41, 5.74) is 2.01. The second-order valence-corrected chi connectivity index (χ2v) is 5.40. The van der Waals surface area contributed by atoms with E-state index in [2.05, 4.69) is 0 Å². The van der Waals surface area contributed by atoms with Gasteiger partial charge in [0.25, 0.3) is 0 Å². The fraction of sp³-hybridized carbons (Fsp3) is 0.182. The van der Waals surface area contributed by atoms with Crippen LogP contribution in [0.25, 0.3) is 12.2 Å². The molecule has 136 valence electrons. The molecule has 0 radical (unpaired) electrons. The molecule has 0 amide bonds. The third kappa shape index (κ3) is 5.74. The smallest absolute Gasteiger partial charge is 0.123 e. The Morgan fingerprint density at radius 2 is 0.769 bits per heavy atom. The molecule has 0 aliphatic rings. The highest BCUT2D eigenvalue weighted by molar-refractivity contribution is 5.58. The zero-order chi connectivity index (χ0) is 18.8. The highest BCUT2D eigenvalue weighted by Crippen LogP contribution is 2.24. The molecule has 0 aromatic heterocycles. The van der Waals surface area contributed by atoms with Crippen molar-refractivity contribution >= 4 is 12.2 Å². The predicted molar refractivity (Wildman–Crippen MR) is 106 cm³/mol. The molecule has 0 bridgehead atoms. The van der Waals surface area contributed by atoms with E-state index in [0.29, 0.717) is 0 Å². The first-order valence-electron chi connectivity index (χ1n) is 8.16. The molecule has 0 unspecified atom stereocenters. The first kappa shape index (κ1) is 19.2. The number of hydrogen-bond acceptors (Lipinski definition) is 4. The zero-order valence-electron chi connectivity index (χ0n) is 15.6. The van der Waals surface area contributed by atoms with Gasteiger partial charge in [-0.25, -0.2) is 0 Å². The molecule has 0 fully saturated rings. The minimum Gasteiger partial charge on any atom is -0.497 e. The number of ether oxygens (including phenoxy) is 4. The molecule has 0 saturated heterocycles. The van der Waals surface area contributed by atoms with Gasteiger partial charge < -0.3 is 18.9 Å². The van der Waals surface area contributed by atoms with Crippen LogP contribution in [0.3, 0.4) is 0 Å². The molecular weight excluding hydrogens is 328 g/mol. The summed E-state index contributed by atoms with van der Waals surface area (Å²) in [5.74, 6) is 3.05. The van der Waals surface area contributed by atoms with Crippen molar-refractivity contribution in [2.45, 2.75) is 0 Å². The predicted octanol–water partition coefficient (Wildman–Crippen LogP) is 5.00. The fourth-order valence-corrected chi connectivity index (χ4v) is 2.31. The van der Waals surface area contributed by atoms with Crippen LogP contribution >= 0.6 is 0 Å². The summed E-state index contributed by atoms with van der Waals surface area (Å²) in [6.07, 6.45) is 11.8. The van der Waals surface area contributed by atoms with Crippen molar-refractivity contribution in [2.24, 2.45) is 0 Å². The molecule has 0 spiro atoms. The van der Waals surface area contributed by atoms with E-state index in [1.54, 1.807) is 28.4 Å². The van der Waals surface area contributed by atoms with Gasteiger partial charge in [-0.1, -0.05) is 36.5 Å². The highest BCUT2D eigenvalue weighted by Gasteiger charge is 1.99. The van der Waals surface area contributed by atoms with Crippen molar-refractivity contribution in [3.05, 3.63) is 71.8 Å². The molecule has 4 nitrogen and oxygen atoms in total. The van der Waals surface area contributed by atoms with E-state index < -0.39 is 0 Å². The van der Waals surface area contributed by atoms with Crippen LogP contribution in [0.15, 0.2) is 60.7 Å². The second-order valence-electron chi connectivity index (χ2n) is 5.40. The Balaban J connectivity index is 2.03. The summed E-state index contributed by atoms with van der Waals surface area (Å²) in [4.78, 5) is 0. The Morgan fingerprint density at radius 3 is 1.04 bits per heavy atom. The van der Waals surface area contributed by atoms with Crippen LogP contribution in [0.1, 0.15) is 11.1 Å². The maximum absolute atomic E-state index is 5.27. The first-order chi connectivity index (χ1) is 12.7. The molecule has 0 aliphatic heterocycles. The summed E-state index contributed by atoms with van der Waals surface area (Å²) < 4.78 is 21.1. The van der Waals surface area contributed by atoms with Crippen LogP contribution in [0.5, 0.6) is 23.0 Å². The van der Waals surface area contributed by atoms with E-state index in [9.17, 15) is 0 Å². The summed E-state index contributed by atoms with van der Waals surface area (Å²) in [6.45, 7) is 0. The van der Waals surface area contributed by atoms with Crippen molar-refractivity contribution in [1.29, 1.82) is 0 Å². The van der Waals surface area contributed by atoms with E-state index in [-0.39, 0.29) is 0 Å². The Kier molecular flexibility index (Phi) is 7.37. The number of benzene rings is 2. The first-order valence-corrected chi connectivity index (χ1v) is 8.16. The van der Waals surface area contributed by atoms with E-state index in [1.807, 2.05) is 72.9 Å². The molecule has 0 aliphatic carbocycles. The van der Waals surface area contributed by atoms with Gasteiger partial charge in [0.15, 0.2) is 0 Å². The van der Waals surface area contributed by atoms with Gasteiger partial charge in [-0.15, -0.1) is 0 Å². The number of methoxy groups -OCH3 is 4. The number of rotatable bonds is 8. The molecule has 2 rings (SSSR count). The molecule has 2 aromatic carbocycles. The van der Waals surface area contributed by atoms with Crippen LogP contribution in [0.2, 0.25) is 0 Å². The maximum atomic E-state index is 5.27. The van der Waals surface area contributed by atoms with E-state index in [4.69, 9.17) is 18.9 Å². The Bertz CT molecular complexity index is 692. The van der Waals surface area contributed by atoms with Crippen LogP contribution < -0.4 is 18.9 Å². The summed E-state index contributed by atoms with van der Waals surface area (Å²) >= 11 is 0. The van der Waals surface area contributed by atoms with Crippen molar-refractivity contribution in [1.82, 2.24) is 0 Å². The highest BCUT2D eigenvalue weighted by atomic mass is 16.5. The Labute approximate surface area is 155 Å². The molecule has 2 aromatic rings. The van der Waals surface area contributed by atoms with Gasteiger partial charge in [-0.3, -0.25) is 0 Å². The average Bonchev–Trinajstić information content (AvgIpc) is 2.69. The Morgan fingerprint density at radius 1 is 0.462 bits per heavy atom. The summed E-state index contributed by atoms with van der Waals surface area (Å²) in [6, 6.07) is 11.5. The lowest BCUT2D eigenvalue weighted by molar-refractivity contribution is 0.394. The zero-order valence-corrected chi connectivity index (χ0v) is 15.6. The lowest BCUT2D eigenvalue weighted by Gasteiger charge is -2.05. The van der Waals surface area contributed by atoms with Gasteiger partial charge in [-0.2, -0.15) is 0 Å². The van der Waals surface area contributed by atoms with Gasteiger partial charge >= 0.3 is 0 Å². The van der Waals surface area contributed by atoms with Gasteiger partial charge in [0.2, 0.25) is 0 Å². The summed E-state index contributed by atoms with van der Waals surface area (Å²) in [7, 11) is 6.56. The second kappa shape index (κ2) is 9.99. The van der Waals surface area contributed by atoms with Crippen LogP contribution in [0, 0.1) is 0 Å². The van der Waals surface area contributed by atoms with Gasteiger partial charge in [0.05, 0.1) is 28.4 Å². The fourth-order valence-electron chi connectivity index (χ4n) is 2.31. The summed E-state index contributed by atoms with van der Waals surface area (Å²) in [5, 5.41) is 0. The van der Waals surface area contributed by atoms with E-state index in [0.717, 1.165) is 34.1 Å². The topological polar surface area (TPSA) is 36.9 Å².